The highest BCUT2D eigenvalue weighted by Crippen LogP contribution is 1.93. The summed E-state index contributed by atoms with van der Waals surface area (Å²) in [6, 6.07) is 0. The Morgan fingerprint density at radius 3 is 2.43 bits per heavy atom. The molecule has 0 atom stereocenters. The number of hydrogen-bond acceptors (Lipinski definition) is 4. The first-order valence-electron chi connectivity index (χ1n) is 4.32. The number of carbonyl (C=O) groups excluding carboxylic acids is 2. The first-order valence-corrected chi connectivity index (χ1v) is 4.32. The Balaban J connectivity index is 0.00000169. The molecule has 0 unspecified atom stereocenters. The zero-order valence-corrected chi connectivity index (χ0v) is 8.93. The van der Waals surface area contributed by atoms with Gasteiger partial charge in [0.05, 0.1) is 0 Å². The van der Waals surface area contributed by atoms with E-state index in [1.54, 1.807) is 4.90 Å². The minimum atomic E-state index is -0.413. The summed E-state index contributed by atoms with van der Waals surface area (Å²) in [7, 11) is 0. The van der Waals surface area contributed by atoms with Crippen molar-refractivity contribution in [1.82, 2.24) is 10.2 Å². The van der Waals surface area contributed by atoms with Crippen molar-refractivity contribution in [3.63, 3.8) is 0 Å². The van der Waals surface area contributed by atoms with Crippen LogP contribution in [0, 0.1) is 0 Å². The van der Waals surface area contributed by atoms with E-state index in [-0.39, 0.29) is 24.9 Å². The number of nitrogens with one attached hydrogen (secondary N) is 1. The number of rotatable bonds is 2. The summed E-state index contributed by atoms with van der Waals surface area (Å²) in [5.74, 6) is -0.528. The van der Waals surface area contributed by atoms with Crippen molar-refractivity contribution in [2.45, 2.75) is 6.92 Å². The van der Waals surface area contributed by atoms with Crippen LogP contribution in [0.25, 0.3) is 0 Å². The molecule has 0 aromatic carbocycles. The molecule has 0 spiro atoms. The second kappa shape index (κ2) is 6.62. The molecule has 0 saturated carbocycles. The standard InChI is InChI=1S/C8H14N2O3.ClH/c1-7(11)13-6-8(12)10-4-2-9-3-5-10;/h9H,2-6H2,1H3;1H. The molecular weight excluding hydrogens is 208 g/mol. The van der Waals surface area contributed by atoms with Crippen molar-refractivity contribution in [3.05, 3.63) is 0 Å². The Kier molecular flexibility index (Phi) is 6.23. The van der Waals surface area contributed by atoms with Crippen LogP contribution in [0.1, 0.15) is 6.92 Å². The topological polar surface area (TPSA) is 58.6 Å². The Bertz CT molecular complexity index is 205. The van der Waals surface area contributed by atoms with Gasteiger partial charge in [0.15, 0.2) is 6.61 Å². The van der Waals surface area contributed by atoms with Crippen molar-refractivity contribution < 1.29 is 14.3 Å². The van der Waals surface area contributed by atoms with Crippen LogP contribution in [0.5, 0.6) is 0 Å². The van der Waals surface area contributed by atoms with Crippen molar-refractivity contribution in [2.24, 2.45) is 0 Å². The molecule has 0 aromatic rings. The highest BCUT2D eigenvalue weighted by molar-refractivity contribution is 5.85. The minimum absolute atomic E-state index is 0. The lowest BCUT2D eigenvalue weighted by atomic mass is 10.3. The van der Waals surface area contributed by atoms with Crippen LogP contribution in [-0.4, -0.2) is 49.6 Å². The third-order valence-electron chi connectivity index (χ3n) is 1.87. The van der Waals surface area contributed by atoms with Crippen LogP contribution in [0.15, 0.2) is 0 Å². The van der Waals surface area contributed by atoms with Crippen molar-refractivity contribution in [2.75, 3.05) is 32.8 Å². The lowest BCUT2D eigenvalue weighted by Crippen LogP contribution is -2.47. The number of carbonyl (C=O) groups is 2. The summed E-state index contributed by atoms with van der Waals surface area (Å²) in [6.45, 7) is 4.18. The maximum absolute atomic E-state index is 11.3. The zero-order chi connectivity index (χ0) is 9.68. The van der Waals surface area contributed by atoms with Crippen LogP contribution in [0.3, 0.4) is 0 Å². The average Bonchev–Trinajstić information content (AvgIpc) is 2.15. The predicted molar refractivity (Wildman–Crippen MR) is 53.3 cm³/mol. The molecule has 0 radical (unpaired) electrons. The quantitative estimate of drug-likeness (QED) is 0.635. The monoisotopic (exact) mass is 222 g/mol. The van der Waals surface area contributed by atoms with E-state index in [9.17, 15) is 9.59 Å². The highest BCUT2D eigenvalue weighted by Gasteiger charge is 2.16. The van der Waals surface area contributed by atoms with Crippen molar-refractivity contribution in [3.8, 4) is 0 Å². The molecule has 14 heavy (non-hydrogen) atoms. The molecule has 1 rings (SSSR count). The van der Waals surface area contributed by atoms with E-state index in [0.717, 1.165) is 13.1 Å². The molecule has 1 N–H and O–H groups in total. The fourth-order valence-electron chi connectivity index (χ4n) is 1.17. The number of esters is 1. The predicted octanol–water partition coefficient (Wildman–Crippen LogP) is -0.597. The van der Waals surface area contributed by atoms with Crippen molar-refractivity contribution in [1.29, 1.82) is 0 Å². The molecule has 6 heteroatoms. The Labute approximate surface area is 89.2 Å². The third kappa shape index (κ3) is 4.43. The van der Waals surface area contributed by atoms with E-state index in [1.165, 1.54) is 6.92 Å². The van der Waals surface area contributed by atoms with Crippen LogP contribution in [0.2, 0.25) is 0 Å². The average molecular weight is 223 g/mol. The van der Waals surface area contributed by atoms with Crippen LogP contribution in [-0.2, 0) is 14.3 Å². The van der Waals surface area contributed by atoms with Gasteiger partial charge in [-0.25, -0.2) is 0 Å². The van der Waals surface area contributed by atoms with Gasteiger partial charge in [0, 0.05) is 33.1 Å². The lowest BCUT2D eigenvalue weighted by Gasteiger charge is -2.27. The molecule has 1 aliphatic rings. The van der Waals surface area contributed by atoms with Gasteiger partial charge in [-0.2, -0.15) is 0 Å². The van der Waals surface area contributed by atoms with Gasteiger partial charge in [-0.1, -0.05) is 0 Å². The first kappa shape index (κ1) is 13.2. The molecule has 1 heterocycles. The number of halogens is 1. The fraction of sp³-hybridized carbons (Fsp3) is 0.750. The third-order valence-corrected chi connectivity index (χ3v) is 1.87. The van der Waals surface area contributed by atoms with Gasteiger partial charge in [0.1, 0.15) is 0 Å². The first-order chi connectivity index (χ1) is 6.20. The van der Waals surface area contributed by atoms with Crippen LogP contribution < -0.4 is 5.32 Å². The van der Waals surface area contributed by atoms with Gasteiger partial charge < -0.3 is 15.0 Å². The Hall–Kier alpha value is -0.810. The number of piperazine rings is 1. The van der Waals surface area contributed by atoms with E-state index in [0.29, 0.717) is 13.1 Å². The van der Waals surface area contributed by atoms with Crippen LogP contribution in [0.4, 0.5) is 0 Å². The molecule has 1 saturated heterocycles. The SMILES string of the molecule is CC(=O)OCC(=O)N1CCNCC1.Cl. The van der Waals surface area contributed by atoms with Gasteiger partial charge >= 0.3 is 5.97 Å². The number of ether oxygens (including phenoxy) is 1. The summed E-state index contributed by atoms with van der Waals surface area (Å²) < 4.78 is 4.61. The van der Waals surface area contributed by atoms with Gasteiger partial charge in [0.2, 0.25) is 0 Å². The molecule has 0 bridgehead atoms. The maximum atomic E-state index is 11.3. The van der Waals surface area contributed by atoms with Crippen LogP contribution >= 0.6 is 12.4 Å². The maximum Gasteiger partial charge on any atom is 0.303 e. The number of hydrogen-bond donors (Lipinski definition) is 1. The highest BCUT2D eigenvalue weighted by atomic mass is 35.5. The van der Waals surface area contributed by atoms with E-state index in [2.05, 4.69) is 10.1 Å². The van der Waals surface area contributed by atoms with E-state index < -0.39 is 5.97 Å². The smallest absolute Gasteiger partial charge is 0.303 e. The summed E-state index contributed by atoms with van der Waals surface area (Å²) in [5, 5.41) is 3.13. The fourth-order valence-corrected chi connectivity index (χ4v) is 1.17. The second-order valence-corrected chi connectivity index (χ2v) is 2.91. The minimum Gasteiger partial charge on any atom is -0.456 e. The summed E-state index contributed by atoms with van der Waals surface area (Å²) in [6.07, 6.45) is 0. The Morgan fingerprint density at radius 1 is 1.36 bits per heavy atom. The molecule has 1 fully saturated rings. The lowest BCUT2D eigenvalue weighted by molar-refractivity contribution is -0.150. The summed E-state index contributed by atoms with van der Waals surface area (Å²) in [4.78, 5) is 23.4. The molecule has 5 nitrogen and oxygen atoms in total. The van der Waals surface area contributed by atoms with Gasteiger partial charge in [0.25, 0.3) is 5.91 Å². The molecule has 0 aliphatic carbocycles. The Morgan fingerprint density at radius 2 is 1.93 bits per heavy atom. The summed E-state index contributed by atoms with van der Waals surface area (Å²) in [5.41, 5.74) is 0. The second-order valence-electron chi connectivity index (χ2n) is 2.91. The molecule has 1 amide bonds. The molecule has 1 aliphatic heterocycles. The molecule has 82 valence electrons. The number of amides is 1. The number of nitrogens with zero attached hydrogens (tertiary/aromatic N) is 1. The summed E-state index contributed by atoms with van der Waals surface area (Å²) >= 11 is 0. The van der Waals surface area contributed by atoms with Gasteiger partial charge in [-0.15, -0.1) is 12.4 Å². The van der Waals surface area contributed by atoms with Gasteiger partial charge in [-0.3, -0.25) is 9.59 Å². The van der Waals surface area contributed by atoms with Gasteiger partial charge in [-0.05, 0) is 0 Å². The molecular formula is C8H15ClN2O3. The van der Waals surface area contributed by atoms with E-state index in [1.807, 2.05) is 0 Å². The van der Waals surface area contributed by atoms with E-state index in [4.69, 9.17) is 0 Å². The largest absolute Gasteiger partial charge is 0.456 e. The normalized spacial score (nSPS) is 15.6. The zero-order valence-electron chi connectivity index (χ0n) is 8.12. The molecule has 0 aromatic heterocycles. The van der Waals surface area contributed by atoms with Crippen molar-refractivity contribution >= 4 is 24.3 Å². The van der Waals surface area contributed by atoms with E-state index >= 15 is 0 Å².